The van der Waals surface area contributed by atoms with Gasteiger partial charge in [0.1, 0.15) is 5.39 Å². The van der Waals surface area contributed by atoms with Gasteiger partial charge in [0.15, 0.2) is 5.65 Å². The summed E-state index contributed by atoms with van der Waals surface area (Å²) in [6, 6.07) is -0.115. The first-order valence-corrected chi connectivity index (χ1v) is 5.51. The normalized spacial score (nSPS) is 13.5. The Balaban J connectivity index is 2.43. The molecule has 1 unspecified atom stereocenters. The van der Waals surface area contributed by atoms with Crippen molar-refractivity contribution in [2.24, 2.45) is 18.7 Å². The van der Waals surface area contributed by atoms with E-state index in [1.54, 1.807) is 7.05 Å². The van der Waals surface area contributed by atoms with Gasteiger partial charge < -0.3 is 5.73 Å². The van der Waals surface area contributed by atoms with Gasteiger partial charge in [-0.3, -0.25) is 4.79 Å². The zero-order valence-corrected chi connectivity index (χ0v) is 10.2. The number of fused-ring (bicyclic) bond motifs is 1. The summed E-state index contributed by atoms with van der Waals surface area (Å²) in [5, 5.41) is 12.3. The van der Waals surface area contributed by atoms with Crippen LogP contribution in [-0.2, 0) is 13.6 Å². The second kappa shape index (κ2) is 4.25. The van der Waals surface area contributed by atoms with Gasteiger partial charge in [-0.05, 0) is 5.92 Å². The molecule has 0 amide bonds. The van der Waals surface area contributed by atoms with E-state index in [0.29, 0.717) is 17.6 Å². The van der Waals surface area contributed by atoms with Crippen molar-refractivity contribution in [3.63, 3.8) is 0 Å². The summed E-state index contributed by atoms with van der Waals surface area (Å²) in [4.78, 5) is 12.1. The Kier molecular flexibility index (Phi) is 2.93. The molecule has 0 spiro atoms. The van der Waals surface area contributed by atoms with Crippen molar-refractivity contribution >= 4 is 11.0 Å². The second-order valence-corrected chi connectivity index (χ2v) is 4.49. The van der Waals surface area contributed by atoms with Gasteiger partial charge in [0.05, 0.1) is 12.7 Å². The fourth-order valence-electron chi connectivity index (χ4n) is 1.51. The molecule has 2 N–H and O–H groups in total. The van der Waals surface area contributed by atoms with Crippen LogP contribution in [0.25, 0.3) is 11.0 Å². The van der Waals surface area contributed by atoms with Gasteiger partial charge in [-0.2, -0.15) is 5.10 Å². The number of rotatable bonds is 3. The lowest BCUT2D eigenvalue weighted by Crippen LogP contribution is -2.37. The van der Waals surface area contributed by atoms with E-state index in [-0.39, 0.29) is 17.5 Å². The van der Waals surface area contributed by atoms with Gasteiger partial charge in [0.2, 0.25) is 0 Å². The molecule has 2 heterocycles. The molecule has 0 aromatic carbocycles. The fraction of sp³-hybridized carbons (Fsp3) is 0.600. The minimum absolute atomic E-state index is 0.115. The van der Waals surface area contributed by atoms with Crippen molar-refractivity contribution in [1.82, 2.24) is 24.8 Å². The highest BCUT2D eigenvalue weighted by Gasteiger charge is 2.13. The summed E-state index contributed by atoms with van der Waals surface area (Å²) in [6.07, 6.45) is 1.50. The fourth-order valence-corrected chi connectivity index (χ4v) is 1.51. The van der Waals surface area contributed by atoms with E-state index in [1.807, 2.05) is 13.8 Å². The topological polar surface area (TPSA) is 91.6 Å². The van der Waals surface area contributed by atoms with E-state index < -0.39 is 0 Å². The Morgan fingerprint density at radius 1 is 1.47 bits per heavy atom. The predicted molar refractivity (Wildman–Crippen MR) is 63.4 cm³/mol. The average Bonchev–Trinajstić information content (AvgIpc) is 2.65. The van der Waals surface area contributed by atoms with Crippen LogP contribution in [-0.4, -0.2) is 30.8 Å². The molecule has 2 aromatic rings. The van der Waals surface area contributed by atoms with Crippen molar-refractivity contribution < 1.29 is 0 Å². The number of nitrogens with two attached hydrogens (primary N) is 1. The van der Waals surface area contributed by atoms with Crippen LogP contribution in [0.15, 0.2) is 11.0 Å². The molecule has 2 aromatic heterocycles. The number of aryl methyl sites for hydroxylation is 1. The summed E-state index contributed by atoms with van der Waals surface area (Å²) < 4.78 is 2.82. The van der Waals surface area contributed by atoms with E-state index in [2.05, 4.69) is 15.4 Å². The Hall–Kier alpha value is -1.76. The molecule has 7 heteroatoms. The third kappa shape index (κ3) is 2.05. The van der Waals surface area contributed by atoms with Crippen LogP contribution in [0.4, 0.5) is 0 Å². The summed E-state index contributed by atoms with van der Waals surface area (Å²) in [6.45, 7) is 4.38. The largest absolute Gasteiger partial charge is 0.326 e. The van der Waals surface area contributed by atoms with Gasteiger partial charge >= 0.3 is 0 Å². The lowest BCUT2D eigenvalue weighted by Gasteiger charge is -2.15. The molecule has 0 aliphatic heterocycles. The van der Waals surface area contributed by atoms with Crippen LogP contribution in [0.5, 0.6) is 0 Å². The van der Waals surface area contributed by atoms with Crippen LogP contribution in [0.1, 0.15) is 13.8 Å². The maximum atomic E-state index is 12.1. The molecule has 0 fully saturated rings. The van der Waals surface area contributed by atoms with Gasteiger partial charge in [0, 0.05) is 13.1 Å². The van der Waals surface area contributed by atoms with E-state index in [4.69, 9.17) is 5.73 Å². The highest BCUT2D eigenvalue weighted by atomic mass is 16.1. The molecule has 0 radical (unpaired) electrons. The van der Waals surface area contributed by atoms with E-state index in [0.717, 1.165) is 0 Å². The van der Waals surface area contributed by atoms with Gasteiger partial charge in [-0.1, -0.05) is 19.1 Å². The van der Waals surface area contributed by atoms with Gasteiger partial charge in [-0.15, -0.1) is 5.10 Å². The first-order valence-electron chi connectivity index (χ1n) is 5.51. The van der Waals surface area contributed by atoms with Crippen LogP contribution in [0.2, 0.25) is 0 Å². The highest BCUT2D eigenvalue weighted by Crippen LogP contribution is 2.03. The standard InChI is InChI=1S/C10H16N6O/c1-6(2)8(11)5-16-10(17)7-4-12-15(3)9(7)13-14-16/h4,6,8H,5,11H2,1-3H3. The number of hydrogen-bond acceptors (Lipinski definition) is 5. The number of hydrogen-bond donors (Lipinski definition) is 1. The SMILES string of the molecule is CC(C)C(N)Cn1nnc2c(cnn2C)c1=O. The Morgan fingerprint density at radius 3 is 2.82 bits per heavy atom. The number of aromatic nitrogens is 5. The Bertz CT molecular complexity index is 584. The van der Waals surface area contributed by atoms with Crippen LogP contribution >= 0.6 is 0 Å². The van der Waals surface area contributed by atoms with Crippen molar-refractivity contribution in [2.45, 2.75) is 26.4 Å². The molecule has 0 aliphatic carbocycles. The molecule has 0 aliphatic rings. The second-order valence-electron chi connectivity index (χ2n) is 4.49. The smallest absolute Gasteiger partial charge is 0.280 e. The molecule has 2 rings (SSSR count). The summed E-state index contributed by atoms with van der Waals surface area (Å²) in [5.41, 5.74) is 6.21. The molecule has 92 valence electrons. The third-order valence-corrected chi connectivity index (χ3v) is 2.86. The van der Waals surface area contributed by atoms with Crippen molar-refractivity contribution in [3.05, 3.63) is 16.6 Å². The lowest BCUT2D eigenvalue weighted by atomic mass is 10.1. The van der Waals surface area contributed by atoms with Crippen molar-refractivity contribution in [1.29, 1.82) is 0 Å². The summed E-state index contributed by atoms with van der Waals surface area (Å²) in [5.74, 6) is 0.285. The molecular weight excluding hydrogens is 220 g/mol. The lowest BCUT2D eigenvalue weighted by molar-refractivity contribution is 0.395. The molecule has 0 saturated heterocycles. The molecule has 0 bridgehead atoms. The molecular formula is C10H16N6O. The zero-order chi connectivity index (χ0) is 12.6. The Morgan fingerprint density at radius 2 is 2.18 bits per heavy atom. The number of nitrogens with zero attached hydrogens (tertiary/aromatic N) is 5. The third-order valence-electron chi connectivity index (χ3n) is 2.86. The minimum atomic E-state index is -0.195. The van der Waals surface area contributed by atoms with E-state index in [9.17, 15) is 4.79 Å². The van der Waals surface area contributed by atoms with Crippen molar-refractivity contribution in [2.75, 3.05) is 0 Å². The molecule has 1 atom stereocenters. The van der Waals surface area contributed by atoms with Crippen LogP contribution in [0, 0.1) is 5.92 Å². The highest BCUT2D eigenvalue weighted by molar-refractivity contribution is 5.72. The molecule has 7 nitrogen and oxygen atoms in total. The first kappa shape index (κ1) is 11.7. The monoisotopic (exact) mass is 236 g/mol. The maximum Gasteiger partial charge on any atom is 0.280 e. The maximum absolute atomic E-state index is 12.1. The van der Waals surface area contributed by atoms with Gasteiger partial charge in [-0.25, -0.2) is 9.36 Å². The van der Waals surface area contributed by atoms with Crippen molar-refractivity contribution in [3.8, 4) is 0 Å². The van der Waals surface area contributed by atoms with Crippen LogP contribution in [0.3, 0.4) is 0 Å². The van der Waals surface area contributed by atoms with Gasteiger partial charge in [0.25, 0.3) is 5.56 Å². The summed E-state index contributed by atoms with van der Waals surface area (Å²) in [7, 11) is 1.72. The minimum Gasteiger partial charge on any atom is -0.326 e. The van der Waals surface area contributed by atoms with Crippen LogP contribution < -0.4 is 11.3 Å². The predicted octanol–water partition coefficient (Wildman–Crippen LogP) is -0.492. The Labute approximate surface area is 98.2 Å². The average molecular weight is 236 g/mol. The molecule has 0 saturated carbocycles. The van der Waals surface area contributed by atoms with E-state index in [1.165, 1.54) is 15.6 Å². The quantitative estimate of drug-likeness (QED) is 0.776. The summed E-state index contributed by atoms with van der Waals surface area (Å²) >= 11 is 0. The first-order chi connectivity index (χ1) is 8.00. The zero-order valence-electron chi connectivity index (χ0n) is 10.2. The van der Waals surface area contributed by atoms with E-state index >= 15 is 0 Å². The molecule has 17 heavy (non-hydrogen) atoms.